The second kappa shape index (κ2) is 8.29. The van der Waals surface area contributed by atoms with Crippen molar-refractivity contribution in [3.8, 4) is 6.07 Å². The van der Waals surface area contributed by atoms with Crippen LogP contribution in [0.15, 0.2) is 48.7 Å². The van der Waals surface area contributed by atoms with E-state index in [9.17, 15) is 4.79 Å². The minimum Gasteiger partial charge on any atom is -0.323 e. The summed E-state index contributed by atoms with van der Waals surface area (Å²) in [5, 5.41) is 12.0. The summed E-state index contributed by atoms with van der Waals surface area (Å²) in [6.07, 6.45) is 5.39. The van der Waals surface area contributed by atoms with E-state index in [1.807, 2.05) is 48.7 Å². The Balaban J connectivity index is 1.52. The second-order valence-corrected chi connectivity index (χ2v) is 6.36. The number of anilines is 1. The fourth-order valence-corrected chi connectivity index (χ4v) is 3.04. The summed E-state index contributed by atoms with van der Waals surface area (Å²) in [4.78, 5) is 18.4. The maximum absolute atomic E-state index is 12.3. The molecule has 1 N–H and O–H groups in total. The maximum atomic E-state index is 12.3. The summed E-state index contributed by atoms with van der Waals surface area (Å²) in [5.41, 5.74) is 3.08. The minimum absolute atomic E-state index is 0.0477. The molecule has 0 radical (unpaired) electrons. The number of benzene rings is 1. The van der Waals surface area contributed by atoms with Crippen LogP contribution >= 0.6 is 0 Å². The van der Waals surface area contributed by atoms with Crippen LogP contribution in [0.25, 0.3) is 0 Å². The van der Waals surface area contributed by atoms with E-state index in [0.717, 1.165) is 37.1 Å². The van der Waals surface area contributed by atoms with E-state index < -0.39 is 0 Å². The number of likely N-dealkylation sites (tertiary alicyclic amines) is 1. The van der Waals surface area contributed by atoms with E-state index in [-0.39, 0.29) is 11.9 Å². The summed E-state index contributed by atoms with van der Waals surface area (Å²) in [7, 11) is 0. The molecule has 0 spiro atoms. The number of nitrogens with zero attached hydrogens (tertiary/aromatic N) is 3. The first-order valence-corrected chi connectivity index (χ1v) is 8.69. The lowest BCUT2D eigenvalue weighted by Gasteiger charge is -2.29. The third-order valence-electron chi connectivity index (χ3n) is 4.49. The molecule has 2 amide bonds. The fraction of sp³-hybridized carbons (Fsp3) is 0.350. The highest BCUT2D eigenvalue weighted by molar-refractivity contribution is 5.89. The number of nitrogens with one attached hydrogen (secondary N) is 1. The molecular weight excluding hydrogens is 312 g/mol. The minimum atomic E-state index is -0.124. The van der Waals surface area contributed by atoms with E-state index in [1.54, 1.807) is 4.90 Å². The molecular formula is C20H22N4O. The molecule has 1 fully saturated rings. The first-order valence-electron chi connectivity index (χ1n) is 8.69. The number of urea groups is 1. The van der Waals surface area contributed by atoms with Gasteiger partial charge in [-0.1, -0.05) is 18.2 Å². The molecule has 0 saturated carbocycles. The number of amides is 2. The fourth-order valence-electron chi connectivity index (χ4n) is 3.04. The number of piperidine rings is 1. The Hall–Kier alpha value is -2.87. The van der Waals surface area contributed by atoms with Crippen LogP contribution in [0.2, 0.25) is 0 Å². The molecule has 128 valence electrons. The van der Waals surface area contributed by atoms with Gasteiger partial charge in [0.2, 0.25) is 0 Å². The van der Waals surface area contributed by atoms with Crippen molar-refractivity contribution >= 4 is 11.7 Å². The Morgan fingerprint density at radius 2 is 2.08 bits per heavy atom. The third-order valence-corrected chi connectivity index (χ3v) is 4.49. The molecule has 2 aromatic rings. The monoisotopic (exact) mass is 334 g/mol. The van der Waals surface area contributed by atoms with Gasteiger partial charge in [-0.3, -0.25) is 4.98 Å². The van der Waals surface area contributed by atoms with Gasteiger partial charge in [0.1, 0.15) is 0 Å². The van der Waals surface area contributed by atoms with Gasteiger partial charge in [0, 0.05) is 30.7 Å². The van der Waals surface area contributed by atoms with E-state index in [1.165, 1.54) is 5.56 Å². The zero-order valence-corrected chi connectivity index (χ0v) is 14.2. The van der Waals surface area contributed by atoms with Crippen LogP contribution in [0.1, 0.15) is 24.1 Å². The smallest absolute Gasteiger partial charge is 0.321 e. The number of rotatable bonds is 4. The van der Waals surface area contributed by atoms with Gasteiger partial charge in [-0.2, -0.15) is 5.26 Å². The van der Waals surface area contributed by atoms with Crippen molar-refractivity contribution in [2.75, 3.05) is 18.4 Å². The quantitative estimate of drug-likeness (QED) is 0.928. The predicted octanol–water partition coefficient (Wildman–Crippen LogP) is 3.63. The van der Waals surface area contributed by atoms with Gasteiger partial charge in [-0.15, -0.1) is 0 Å². The molecule has 1 aliphatic heterocycles. The lowest BCUT2D eigenvalue weighted by Crippen LogP contribution is -2.42. The zero-order chi connectivity index (χ0) is 17.5. The van der Waals surface area contributed by atoms with Crippen LogP contribution in [0.4, 0.5) is 10.5 Å². The van der Waals surface area contributed by atoms with E-state index in [2.05, 4.69) is 16.4 Å². The molecule has 0 aliphatic carbocycles. The first-order chi connectivity index (χ1) is 12.2. The Kier molecular flexibility index (Phi) is 5.63. The van der Waals surface area contributed by atoms with Crippen molar-refractivity contribution in [2.24, 2.45) is 5.92 Å². The van der Waals surface area contributed by atoms with Gasteiger partial charge in [0.15, 0.2) is 0 Å². The third kappa shape index (κ3) is 4.80. The molecule has 1 saturated heterocycles. The topological polar surface area (TPSA) is 69.0 Å². The van der Waals surface area contributed by atoms with Crippen LogP contribution in [0, 0.1) is 17.2 Å². The zero-order valence-electron chi connectivity index (χ0n) is 14.2. The Labute approximate surface area is 148 Å². The van der Waals surface area contributed by atoms with Gasteiger partial charge >= 0.3 is 6.03 Å². The van der Waals surface area contributed by atoms with Crippen molar-refractivity contribution in [1.82, 2.24) is 9.88 Å². The summed E-state index contributed by atoms with van der Waals surface area (Å²) >= 11 is 0. The standard InChI is InChI=1S/C20H22N4O/c21-14-17-4-3-13-24(15-17)20(25)23-19-10-7-16(8-11-19)6-9-18-5-1-2-12-22-18/h1-2,5,7-8,10-12,17H,3-4,6,9,13,15H2,(H,23,25)/t17-/m1/s1. The average molecular weight is 334 g/mol. The summed E-state index contributed by atoms with van der Waals surface area (Å²) in [5.74, 6) is -0.0477. The molecule has 3 rings (SSSR count). The van der Waals surface area contributed by atoms with Crippen LogP contribution < -0.4 is 5.32 Å². The van der Waals surface area contributed by atoms with E-state index in [0.29, 0.717) is 13.1 Å². The number of hydrogen-bond acceptors (Lipinski definition) is 3. The normalized spacial score (nSPS) is 16.9. The van der Waals surface area contributed by atoms with Crippen molar-refractivity contribution in [3.63, 3.8) is 0 Å². The van der Waals surface area contributed by atoms with Crippen molar-refractivity contribution in [2.45, 2.75) is 25.7 Å². The average Bonchev–Trinajstić information content (AvgIpc) is 2.68. The van der Waals surface area contributed by atoms with Crippen molar-refractivity contribution < 1.29 is 4.79 Å². The largest absolute Gasteiger partial charge is 0.323 e. The molecule has 5 nitrogen and oxygen atoms in total. The molecule has 1 atom stereocenters. The number of hydrogen-bond donors (Lipinski definition) is 1. The Bertz CT molecular complexity index is 737. The molecule has 2 heterocycles. The molecule has 1 aromatic carbocycles. The van der Waals surface area contributed by atoms with E-state index in [4.69, 9.17) is 5.26 Å². The number of aromatic nitrogens is 1. The molecule has 5 heteroatoms. The molecule has 25 heavy (non-hydrogen) atoms. The SMILES string of the molecule is N#C[C@H]1CCCN(C(=O)Nc2ccc(CCc3ccccn3)cc2)C1. The van der Waals surface area contributed by atoms with Crippen LogP contribution in [-0.2, 0) is 12.8 Å². The highest BCUT2D eigenvalue weighted by atomic mass is 16.2. The first kappa shape index (κ1) is 17.0. The lowest BCUT2D eigenvalue weighted by molar-refractivity contribution is 0.189. The molecule has 1 aliphatic rings. The molecule has 0 bridgehead atoms. The van der Waals surface area contributed by atoms with Gasteiger partial charge in [-0.25, -0.2) is 4.79 Å². The van der Waals surface area contributed by atoms with Crippen LogP contribution in [-0.4, -0.2) is 29.0 Å². The van der Waals surface area contributed by atoms with Gasteiger partial charge < -0.3 is 10.2 Å². The van der Waals surface area contributed by atoms with Crippen LogP contribution in [0.5, 0.6) is 0 Å². The Morgan fingerprint density at radius 3 is 2.80 bits per heavy atom. The van der Waals surface area contributed by atoms with E-state index >= 15 is 0 Å². The summed E-state index contributed by atoms with van der Waals surface area (Å²) < 4.78 is 0. The lowest BCUT2D eigenvalue weighted by atomic mass is 10.0. The van der Waals surface area contributed by atoms with Crippen molar-refractivity contribution in [3.05, 3.63) is 59.9 Å². The van der Waals surface area contributed by atoms with Crippen LogP contribution in [0.3, 0.4) is 0 Å². The van der Waals surface area contributed by atoms with Gasteiger partial charge in [-0.05, 0) is 55.5 Å². The predicted molar refractivity (Wildman–Crippen MR) is 97.0 cm³/mol. The second-order valence-electron chi connectivity index (χ2n) is 6.36. The summed E-state index contributed by atoms with van der Waals surface area (Å²) in [6, 6.07) is 16.0. The maximum Gasteiger partial charge on any atom is 0.321 e. The highest BCUT2D eigenvalue weighted by Gasteiger charge is 2.23. The molecule has 0 unspecified atom stereocenters. The number of carbonyl (C=O) groups is 1. The van der Waals surface area contributed by atoms with Crippen molar-refractivity contribution in [1.29, 1.82) is 5.26 Å². The Morgan fingerprint density at radius 1 is 1.24 bits per heavy atom. The highest BCUT2D eigenvalue weighted by Crippen LogP contribution is 2.17. The summed E-state index contributed by atoms with van der Waals surface area (Å²) in [6.45, 7) is 1.23. The number of pyridine rings is 1. The number of nitriles is 1. The van der Waals surface area contributed by atoms with Gasteiger partial charge in [0.25, 0.3) is 0 Å². The van der Waals surface area contributed by atoms with Gasteiger partial charge in [0.05, 0.1) is 12.0 Å². The molecule has 1 aromatic heterocycles. The number of carbonyl (C=O) groups excluding carboxylic acids is 1. The number of aryl methyl sites for hydroxylation is 2.